The van der Waals surface area contributed by atoms with Crippen LogP contribution in [0.2, 0.25) is 0 Å². The number of likely N-dealkylation sites (N-methyl/N-ethyl adjacent to an activating group) is 4. The van der Waals surface area contributed by atoms with Gasteiger partial charge in [0.15, 0.2) is 0 Å². The summed E-state index contributed by atoms with van der Waals surface area (Å²) in [6.45, 7) is 6.86. The van der Waals surface area contributed by atoms with Crippen molar-refractivity contribution < 1.29 is 65.9 Å². The van der Waals surface area contributed by atoms with Crippen LogP contribution in [0, 0.1) is 29.6 Å². The Bertz CT molecular complexity index is 2710. The van der Waals surface area contributed by atoms with E-state index in [9.17, 15) is 46.7 Å². The Kier molecular flexibility index (Phi) is 24.5. The molecule has 8 rings (SSSR count). The van der Waals surface area contributed by atoms with Gasteiger partial charge < -0.3 is 55.6 Å². The summed E-state index contributed by atoms with van der Waals surface area (Å²) >= 11 is 6.42. The van der Waals surface area contributed by atoms with E-state index in [4.69, 9.17) is 11.6 Å². The number of carbonyl (C=O) groups excluding carboxylic acids is 11. The predicted molar refractivity (Wildman–Crippen MR) is 336 cm³/mol. The second-order valence-corrected chi connectivity index (χ2v) is 29.1. The quantitative estimate of drug-likeness (QED) is 0.224. The summed E-state index contributed by atoms with van der Waals surface area (Å²) in [4.78, 5) is 171. The van der Waals surface area contributed by atoms with Crippen molar-refractivity contribution in [2.75, 3.05) is 54.4 Å². The van der Waals surface area contributed by atoms with Crippen LogP contribution in [-0.2, 0) is 52.7 Å². The number of alkyl halides is 4. The first-order valence-electron chi connectivity index (χ1n) is 34.5. The van der Waals surface area contributed by atoms with Crippen LogP contribution in [0.15, 0.2) is 0 Å². The van der Waals surface area contributed by atoms with Crippen LogP contribution in [-0.4, -0.2) is 225 Å². The highest BCUT2D eigenvalue weighted by atomic mass is 35.5. The minimum atomic E-state index is -4.49. The minimum absolute atomic E-state index is 0.0153. The van der Waals surface area contributed by atoms with Gasteiger partial charge in [0.2, 0.25) is 65.0 Å². The van der Waals surface area contributed by atoms with Crippen LogP contribution in [0.3, 0.4) is 0 Å². The highest BCUT2D eigenvalue weighted by Gasteiger charge is 2.52. The van der Waals surface area contributed by atoms with Gasteiger partial charge >= 0.3 is 6.18 Å². The van der Waals surface area contributed by atoms with Crippen molar-refractivity contribution >= 4 is 76.6 Å². The van der Waals surface area contributed by atoms with Gasteiger partial charge in [-0.05, 0) is 134 Å². The minimum Gasteiger partial charge on any atom is -0.351 e. The molecule has 0 aromatic heterocycles. The van der Waals surface area contributed by atoms with E-state index in [1.807, 2.05) is 6.92 Å². The maximum Gasteiger partial charge on any atom is 0.393 e. The van der Waals surface area contributed by atoms with E-state index in [0.717, 1.165) is 44.9 Å². The molecular weight excluding hydrogens is 1220 g/mol. The highest BCUT2D eigenvalue weighted by molar-refractivity contribution is 6.20. The van der Waals surface area contributed by atoms with Crippen molar-refractivity contribution in [2.24, 2.45) is 29.6 Å². The largest absolute Gasteiger partial charge is 0.393 e. The Morgan fingerprint density at radius 1 is 0.576 bits per heavy atom. The Morgan fingerprint density at radius 3 is 1.79 bits per heavy atom. The first-order chi connectivity index (χ1) is 43.6. The molecule has 4 saturated heterocycles. The Hall–Kier alpha value is -5.75. The number of hydrogen-bond donors (Lipinski definition) is 4. The molecule has 11 amide bonds. The lowest BCUT2D eigenvalue weighted by molar-refractivity contribution is -0.182. The van der Waals surface area contributed by atoms with Crippen molar-refractivity contribution in [2.45, 2.75) is 266 Å². The maximum absolute atomic E-state index is 15.3. The summed E-state index contributed by atoms with van der Waals surface area (Å²) < 4.78 is 42.0. The van der Waals surface area contributed by atoms with Gasteiger partial charge in [0.25, 0.3) is 0 Å². The number of nitrogens with one attached hydrogen (secondary N) is 4. The second kappa shape index (κ2) is 31.2. The summed E-state index contributed by atoms with van der Waals surface area (Å²) in [5.41, 5.74) is -1.45. The molecule has 1 spiro atoms. The molecule has 4 saturated carbocycles. The van der Waals surface area contributed by atoms with Gasteiger partial charge in [0, 0.05) is 65.7 Å². The summed E-state index contributed by atoms with van der Waals surface area (Å²) in [5.74, 6) is -8.54. The van der Waals surface area contributed by atoms with E-state index in [-0.39, 0.29) is 108 Å². The average molecular weight is 1320 g/mol. The van der Waals surface area contributed by atoms with Crippen LogP contribution < -0.4 is 21.3 Å². The molecule has 8 fully saturated rings. The number of halogens is 4. The van der Waals surface area contributed by atoms with E-state index in [0.29, 0.717) is 51.4 Å². The molecule has 4 aliphatic carbocycles. The zero-order chi connectivity index (χ0) is 67.1. The third-order valence-electron chi connectivity index (χ3n) is 22.3. The van der Waals surface area contributed by atoms with E-state index < -0.39 is 155 Å². The first kappa shape index (κ1) is 72.1. The van der Waals surface area contributed by atoms with Crippen molar-refractivity contribution in [3.05, 3.63) is 0 Å². The number of carbonyl (C=O) groups is 11. The number of nitrogens with zero attached hydrogens (tertiary/aromatic N) is 7. The summed E-state index contributed by atoms with van der Waals surface area (Å²) in [6, 6.07) is -9.40. The monoisotopic (exact) mass is 1320 g/mol. The molecule has 0 bridgehead atoms. The third kappa shape index (κ3) is 16.5. The standard InChI is InChI=1S/C66H103ClF3N11O11/c1-9-39(2)54-63(91)75(5)38-53(83)79-34-29-50(79)61(89)77(7)51(37-42-19-11-10-12-20-42)62(90)81-33-17-23-48(81)57(85)72-47(28-26-43-25-27-45(46(67)36-43)66(68,69)70)60(88)80-32-18-24-49(80)58(86)74-65(30-15-16-31-65)64(92)78(8)55(44-21-13-14-22-44)59(87)71-40(3)35-52(82)76(6)41(4)56(84)73-54/h39-51,54-55H,9-38H2,1-8H3,(H,71,87)(H,72,85)(H,73,84)(H,74,86)/t39-,40+,41-,43?,45?,46?,47-,48+,49-,50-,51-,54-,55-/m0/s1. The predicted octanol–water partition coefficient (Wildman–Crippen LogP) is 5.41. The van der Waals surface area contributed by atoms with Gasteiger partial charge in [-0.2, -0.15) is 13.2 Å². The van der Waals surface area contributed by atoms with Crippen molar-refractivity contribution in [3.8, 4) is 0 Å². The van der Waals surface area contributed by atoms with Crippen molar-refractivity contribution in [3.63, 3.8) is 0 Å². The molecule has 3 unspecified atom stereocenters. The normalized spacial score (nSPS) is 33.1. The molecule has 92 heavy (non-hydrogen) atoms. The van der Waals surface area contributed by atoms with E-state index in [2.05, 4.69) is 21.3 Å². The lowest BCUT2D eigenvalue weighted by Crippen LogP contribution is -2.64. The average Bonchev–Trinajstić information content (AvgIpc) is 1.45. The molecule has 22 nitrogen and oxygen atoms in total. The van der Waals surface area contributed by atoms with Gasteiger partial charge in [0.1, 0.15) is 53.9 Å². The van der Waals surface area contributed by atoms with Crippen LogP contribution >= 0.6 is 11.6 Å². The molecule has 0 radical (unpaired) electrons. The fourth-order valence-corrected chi connectivity index (χ4v) is 16.6. The molecule has 4 heterocycles. The molecule has 4 aliphatic heterocycles. The zero-order valence-corrected chi connectivity index (χ0v) is 56.3. The SMILES string of the molecule is CC[C@H](C)[C@@H]1NC(=O)[C@H](C)N(C)C(=O)C[C@@H](C)NC(=O)[C@H](C2CCCC2)N(C)C(=O)C2(CCCC2)NC(=O)[C@@H]2CCCN2C(=O)[C@H](CCC2CCC(C(F)(F)F)C(Cl)C2)NC(=O)[C@H]2CCCN2C(=O)[C@H](CC2CCCCC2)N(C)C(=O)[C@@H]2CCN2C(=O)CN(C)C1=O. The molecule has 4 N–H and O–H groups in total. The van der Waals surface area contributed by atoms with Crippen LogP contribution in [0.25, 0.3) is 0 Å². The van der Waals surface area contributed by atoms with Gasteiger partial charge in [-0.3, -0.25) is 52.7 Å². The number of rotatable bonds is 8. The molecule has 0 aromatic carbocycles. The Labute approximate surface area is 546 Å². The molecule has 0 aromatic rings. The van der Waals surface area contributed by atoms with Gasteiger partial charge in [-0.15, -0.1) is 11.6 Å². The Morgan fingerprint density at radius 2 is 1.20 bits per heavy atom. The van der Waals surface area contributed by atoms with Crippen molar-refractivity contribution in [1.29, 1.82) is 0 Å². The van der Waals surface area contributed by atoms with Crippen LogP contribution in [0.1, 0.15) is 195 Å². The summed E-state index contributed by atoms with van der Waals surface area (Å²) in [5, 5.41) is 10.7. The van der Waals surface area contributed by atoms with E-state index in [1.54, 1.807) is 20.9 Å². The summed E-state index contributed by atoms with van der Waals surface area (Å²) in [7, 11) is 5.98. The van der Waals surface area contributed by atoms with Gasteiger partial charge in [0.05, 0.1) is 12.5 Å². The van der Waals surface area contributed by atoms with E-state index >= 15 is 19.2 Å². The zero-order valence-electron chi connectivity index (χ0n) is 55.5. The smallest absolute Gasteiger partial charge is 0.351 e. The maximum atomic E-state index is 15.3. The van der Waals surface area contributed by atoms with Gasteiger partial charge in [-0.25, -0.2) is 0 Å². The molecule has 8 aliphatic rings. The lowest BCUT2D eigenvalue weighted by atomic mass is 9.78. The number of hydrogen-bond acceptors (Lipinski definition) is 11. The van der Waals surface area contributed by atoms with Crippen LogP contribution in [0.4, 0.5) is 13.2 Å². The molecule has 13 atom stereocenters. The number of amides is 11. The fourth-order valence-electron chi connectivity index (χ4n) is 16.1. The summed E-state index contributed by atoms with van der Waals surface area (Å²) in [6.07, 6.45) is 6.97. The topological polar surface area (TPSA) is 259 Å². The molecule has 516 valence electrons. The lowest BCUT2D eigenvalue weighted by Gasteiger charge is -2.44. The highest BCUT2D eigenvalue weighted by Crippen LogP contribution is 2.44. The van der Waals surface area contributed by atoms with Gasteiger partial charge in [-0.1, -0.05) is 78.1 Å². The van der Waals surface area contributed by atoms with Crippen LogP contribution in [0.5, 0.6) is 0 Å². The van der Waals surface area contributed by atoms with E-state index in [1.165, 1.54) is 62.4 Å². The second-order valence-electron chi connectivity index (χ2n) is 28.5. The third-order valence-corrected chi connectivity index (χ3v) is 22.8. The fraction of sp³-hybridized carbons (Fsp3) is 0.833. The number of fused-ring (bicyclic) bond motifs is 3. The molecular formula is C66H103ClF3N11O11. The van der Waals surface area contributed by atoms with Crippen molar-refractivity contribution in [1.82, 2.24) is 55.6 Å². The molecule has 26 heteroatoms. The first-order valence-corrected chi connectivity index (χ1v) is 34.9. The Balaban J connectivity index is 1.11.